The number of nitrogens with one attached hydrogen (secondary N) is 2. The number of urea groups is 1. The number of hydrogen-bond acceptors (Lipinski definition) is 5. The van der Waals surface area contributed by atoms with E-state index in [9.17, 15) is 14.4 Å². The Balaban J connectivity index is 1.52. The molecular formula is C26H33N3O5. The van der Waals surface area contributed by atoms with Gasteiger partial charge in [-0.1, -0.05) is 24.3 Å². The maximum Gasteiger partial charge on any atom is 0.325 e. The van der Waals surface area contributed by atoms with E-state index in [0.717, 1.165) is 29.1 Å². The number of imide groups is 1. The molecule has 8 heteroatoms. The minimum atomic E-state index is -1.24. The van der Waals surface area contributed by atoms with Gasteiger partial charge in [-0.2, -0.15) is 0 Å². The normalized spacial score (nSPS) is 18.6. The smallest absolute Gasteiger partial charge is 0.325 e. The molecule has 0 aliphatic carbocycles. The zero-order valence-corrected chi connectivity index (χ0v) is 20.4. The number of carbonyl (C=O) groups is 3. The lowest BCUT2D eigenvalue weighted by molar-refractivity contribution is -0.135. The highest BCUT2D eigenvalue weighted by Gasteiger charge is 2.49. The molecule has 182 valence electrons. The Morgan fingerprint density at radius 3 is 2.24 bits per heavy atom. The van der Waals surface area contributed by atoms with E-state index in [4.69, 9.17) is 9.47 Å². The highest BCUT2D eigenvalue weighted by atomic mass is 16.5. The molecule has 2 aromatic carbocycles. The molecule has 1 aliphatic heterocycles. The summed E-state index contributed by atoms with van der Waals surface area (Å²) in [5.41, 5.74) is 0.523. The van der Waals surface area contributed by atoms with Gasteiger partial charge in [0.15, 0.2) is 0 Å². The molecule has 2 N–H and O–H groups in total. The van der Waals surface area contributed by atoms with Gasteiger partial charge in [-0.3, -0.25) is 14.5 Å². The van der Waals surface area contributed by atoms with Crippen molar-refractivity contribution in [1.82, 2.24) is 15.5 Å². The summed E-state index contributed by atoms with van der Waals surface area (Å²) in [5.74, 6) is 0.634. The predicted octanol–water partition coefficient (Wildman–Crippen LogP) is 3.39. The molecule has 4 amide bonds. The summed E-state index contributed by atoms with van der Waals surface area (Å²) >= 11 is 0. The highest BCUT2D eigenvalue weighted by molar-refractivity contribution is 6.09. The van der Waals surface area contributed by atoms with Crippen LogP contribution < -0.4 is 20.1 Å². The molecule has 2 atom stereocenters. The second kappa shape index (κ2) is 10.6. The molecular weight excluding hydrogens is 434 g/mol. The summed E-state index contributed by atoms with van der Waals surface area (Å²) in [7, 11) is 1.55. The second-order valence-corrected chi connectivity index (χ2v) is 8.99. The Morgan fingerprint density at radius 2 is 1.65 bits per heavy atom. The summed E-state index contributed by atoms with van der Waals surface area (Å²) < 4.78 is 10.8. The Morgan fingerprint density at radius 1 is 1.03 bits per heavy atom. The van der Waals surface area contributed by atoms with Crippen LogP contribution in [0.25, 0.3) is 0 Å². The van der Waals surface area contributed by atoms with Crippen LogP contribution in [-0.4, -0.2) is 48.5 Å². The fourth-order valence-corrected chi connectivity index (χ4v) is 3.89. The number of carbonyl (C=O) groups excluding carboxylic acids is 3. The first-order valence-electron chi connectivity index (χ1n) is 11.5. The fraction of sp³-hybridized carbons (Fsp3) is 0.423. The van der Waals surface area contributed by atoms with Gasteiger partial charge in [0, 0.05) is 6.04 Å². The Labute approximate surface area is 200 Å². The van der Waals surface area contributed by atoms with E-state index in [1.165, 1.54) is 0 Å². The van der Waals surface area contributed by atoms with Crippen molar-refractivity contribution < 1.29 is 23.9 Å². The Kier molecular flexibility index (Phi) is 7.81. The summed E-state index contributed by atoms with van der Waals surface area (Å²) in [6, 6.07) is 14.1. The molecule has 3 rings (SSSR count). The van der Waals surface area contributed by atoms with Gasteiger partial charge in [-0.15, -0.1) is 0 Å². The molecule has 1 heterocycles. The fourth-order valence-electron chi connectivity index (χ4n) is 3.89. The van der Waals surface area contributed by atoms with Crippen LogP contribution >= 0.6 is 0 Å². The minimum absolute atomic E-state index is 0.118. The van der Waals surface area contributed by atoms with Crippen LogP contribution in [0.3, 0.4) is 0 Å². The topological polar surface area (TPSA) is 97.0 Å². The lowest BCUT2D eigenvalue weighted by Gasteiger charge is -2.22. The predicted molar refractivity (Wildman–Crippen MR) is 129 cm³/mol. The molecule has 1 fully saturated rings. The minimum Gasteiger partial charge on any atom is -0.497 e. The Hall–Kier alpha value is -3.55. The van der Waals surface area contributed by atoms with Crippen molar-refractivity contribution in [3.8, 4) is 11.5 Å². The van der Waals surface area contributed by atoms with E-state index < -0.39 is 17.5 Å². The summed E-state index contributed by atoms with van der Waals surface area (Å²) in [6.45, 7) is 7.17. The van der Waals surface area contributed by atoms with Crippen molar-refractivity contribution in [2.24, 2.45) is 0 Å². The number of benzene rings is 2. The van der Waals surface area contributed by atoms with Gasteiger partial charge >= 0.3 is 6.03 Å². The van der Waals surface area contributed by atoms with Crippen LogP contribution in [0.2, 0.25) is 0 Å². The van der Waals surface area contributed by atoms with E-state index >= 15 is 0 Å². The molecule has 1 saturated heterocycles. The zero-order valence-electron chi connectivity index (χ0n) is 20.4. The maximum absolute atomic E-state index is 13.0. The number of methoxy groups -OCH3 is 1. The van der Waals surface area contributed by atoms with Crippen molar-refractivity contribution >= 4 is 17.8 Å². The third kappa shape index (κ3) is 5.87. The van der Waals surface area contributed by atoms with Crippen LogP contribution in [0, 0.1) is 0 Å². The van der Waals surface area contributed by atoms with Gasteiger partial charge in [0.2, 0.25) is 5.91 Å². The average molecular weight is 468 g/mol. The lowest BCUT2D eigenvalue weighted by Crippen LogP contribution is -2.45. The number of amides is 4. The van der Waals surface area contributed by atoms with E-state index in [1.807, 2.05) is 45.0 Å². The molecule has 0 spiro atoms. The van der Waals surface area contributed by atoms with E-state index in [1.54, 1.807) is 38.3 Å². The van der Waals surface area contributed by atoms with Crippen molar-refractivity contribution in [2.45, 2.75) is 58.2 Å². The highest BCUT2D eigenvalue weighted by Crippen LogP contribution is 2.29. The molecule has 34 heavy (non-hydrogen) atoms. The van der Waals surface area contributed by atoms with Gasteiger partial charge in [-0.25, -0.2) is 4.79 Å². The Bertz CT molecular complexity index is 1020. The number of aryl methyl sites for hydroxylation is 1. The summed E-state index contributed by atoms with van der Waals surface area (Å²) in [5, 5.41) is 5.60. The molecule has 2 unspecified atom stereocenters. The van der Waals surface area contributed by atoms with Gasteiger partial charge < -0.3 is 20.1 Å². The average Bonchev–Trinajstić information content (AvgIpc) is 3.02. The quantitative estimate of drug-likeness (QED) is 0.522. The number of rotatable bonds is 10. The van der Waals surface area contributed by atoms with Gasteiger partial charge in [0.25, 0.3) is 5.91 Å². The van der Waals surface area contributed by atoms with E-state index in [0.29, 0.717) is 11.3 Å². The third-order valence-electron chi connectivity index (χ3n) is 5.81. The van der Waals surface area contributed by atoms with E-state index in [2.05, 4.69) is 10.6 Å². The SMILES string of the molecule is COc1ccc(C2(C)NC(=O)N(CC(=O)NC(C)CCc3ccc(OC(C)C)cc3)C2=O)cc1. The van der Waals surface area contributed by atoms with Crippen molar-refractivity contribution in [1.29, 1.82) is 0 Å². The standard InChI is InChI=1S/C26H33N3O5/c1-17(2)34-22-12-8-19(9-13-22)7-6-18(3)27-23(30)16-29-24(31)26(4,28-25(29)32)20-10-14-21(33-5)15-11-20/h8-15,17-18H,6-7,16H2,1-5H3,(H,27,30)(H,28,32). The van der Waals surface area contributed by atoms with Gasteiger partial charge in [-0.05, 0) is 75.9 Å². The zero-order chi connectivity index (χ0) is 24.9. The largest absolute Gasteiger partial charge is 0.497 e. The van der Waals surface area contributed by atoms with E-state index in [-0.39, 0.29) is 24.6 Å². The van der Waals surface area contributed by atoms with Gasteiger partial charge in [0.1, 0.15) is 23.6 Å². The molecule has 1 aliphatic rings. The molecule has 0 saturated carbocycles. The molecule has 0 aromatic heterocycles. The van der Waals surface area contributed by atoms with Crippen LogP contribution in [0.4, 0.5) is 4.79 Å². The summed E-state index contributed by atoms with van der Waals surface area (Å²) in [6.07, 6.45) is 1.63. The molecule has 8 nitrogen and oxygen atoms in total. The van der Waals surface area contributed by atoms with Gasteiger partial charge in [0.05, 0.1) is 13.2 Å². The third-order valence-corrected chi connectivity index (χ3v) is 5.81. The molecule has 0 bridgehead atoms. The van der Waals surface area contributed by atoms with Crippen LogP contribution in [0.1, 0.15) is 45.2 Å². The first-order chi connectivity index (χ1) is 16.1. The maximum atomic E-state index is 13.0. The lowest BCUT2D eigenvalue weighted by atomic mass is 9.92. The first kappa shape index (κ1) is 25.1. The molecule has 2 aromatic rings. The number of hydrogen-bond donors (Lipinski definition) is 2. The van der Waals surface area contributed by atoms with Crippen LogP contribution in [-0.2, 0) is 21.5 Å². The first-order valence-corrected chi connectivity index (χ1v) is 11.5. The van der Waals surface area contributed by atoms with Crippen molar-refractivity contribution in [2.75, 3.05) is 13.7 Å². The number of nitrogens with zero attached hydrogens (tertiary/aromatic N) is 1. The van der Waals surface area contributed by atoms with Crippen molar-refractivity contribution in [3.63, 3.8) is 0 Å². The van der Waals surface area contributed by atoms with Crippen LogP contribution in [0.15, 0.2) is 48.5 Å². The monoisotopic (exact) mass is 467 g/mol. The van der Waals surface area contributed by atoms with Crippen molar-refractivity contribution in [3.05, 3.63) is 59.7 Å². The number of ether oxygens (including phenoxy) is 2. The summed E-state index contributed by atoms with van der Waals surface area (Å²) in [4.78, 5) is 39.1. The van der Waals surface area contributed by atoms with Crippen LogP contribution in [0.5, 0.6) is 11.5 Å². The second-order valence-electron chi connectivity index (χ2n) is 8.99. The molecule has 0 radical (unpaired) electrons.